The molecule has 3 nitrogen and oxygen atoms in total. The van der Waals surface area contributed by atoms with E-state index in [1.165, 1.54) is 0 Å². The summed E-state index contributed by atoms with van der Waals surface area (Å²) in [4.78, 5) is 0. The topological polar surface area (TPSA) is 30.5 Å². The fourth-order valence-electron chi connectivity index (χ4n) is 2.06. The fraction of sp³-hybridized carbons (Fsp3) is 0.200. The molecule has 112 valence electrons. The van der Waals surface area contributed by atoms with Crippen LogP contribution in [0.4, 0.5) is 0 Å². The number of hydrogen-bond acceptors (Lipinski definition) is 3. The van der Waals surface area contributed by atoms with Crippen LogP contribution in [0.5, 0.6) is 11.5 Å². The van der Waals surface area contributed by atoms with Gasteiger partial charge in [0.1, 0.15) is 0 Å². The summed E-state index contributed by atoms with van der Waals surface area (Å²) >= 11 is 12.0. The molecule has 0 saturated carbocycles. The first-order valence-corrected chi connectivity index (χ1v) is 7.01. The molecule has 0 unspecified atom stereocenters. The van der Waals surface area contributed by atoms with Gasteiger partial charge in [0.2, 0.25) is 6.79 Å². The molecule has 0 aromatic heterocycles. The molecule has 0 saturated heterocycles. The third kappa shape index (κ3) is 3.95. The summed E-state index contributed by atoms with van der Waals surface area (Å²) in [7, 11) is 0. The summed E-state index contributed by atoms with van der Waals surface area (Å²) < 4.78 is 10.6. The number of nitrogens with one attached hydrogen (secondary N) is 1. The Morgan fingerprint density at radius 3 is 2.57 bits per heavy atom. The van der Waals surface area contributed by atoms with Gasteiger partial charge < -0.3 is 14.8 Å². The normalized spacial score (nSPS) is 12.1. The van der Waals surface area contributed by atoms with Crippen molar-refractivity contribution in [1.29, 1.82) is 0 Å². The van der Waals surface area contributed by atoms with Crippen LogP contribution in [0, 0.1) is 0 Å². The average molecular weight is 347 g/mol. The first-order chi connectivity index (χ1) is 9.72. The molecule has 1 aliphatic rings. The van der Waals surface area contributed by atoms with Crippen LogP contribution in [0.25, 0.3) is 0 Å². The molecule has 0 fully saturated rings. The quantitative estimate of drug-likeness (QED) is 0.888. The van der Waals surface area contributed by atoms with Crippen molar-refractivity contribution in [3.63, 3.8) is 0 Å². The van der Waals surface area contributed by atoms with Gasteiger partial charge >= 0.3 is 0 Å². The second-order valence-electron chi connectivity index (χ2n) is 4.53. The average Bonchev–Trinajstić information content (AvgIpc) is 2.89. The first kappa shape index (κ1) is 16.2. The van der Waals surface area contributed by atoms with Crippen molar-refractivity contribution in [2.75, 3.05) is 6.79 Å². The maximum absolute atomic E-state index is 6.13. The zero-order valence-electron chi connectivity index (χ0n) is 11.1. The van der Waals surface area contributed by atoms with E-state index in [0.717, 1.165) is 29.2 Å². The Bertz CT molecular complexity index is 634. The lowest BCUT2D eigenvalue weighted by atomic mass is 10.2. The summed E-state index contributed by atoms with van der Waals surface area (Å²) in [6, 6.07) is 11.4. The number of benzene rings is 2. The largest absolute Gasteiger partial charge is 0.454 e. The fourth-order valence-corrected chi connectivity index (χ4v) is 2.53. The molecule has 0 amide bonds. The van der Waals surface area contributed by atoms with Gasteiger partial charge in [-0.3, -0.25) is 0 Å². The van der Waals surface area contributed by atoms with Gasteiger partial charge in [-0.2, -0.15) is 0 Å². The molecule has 6 heteroatoms. The number of halogens is 3. The summed E-state index contributed by atoms with van der Waals surface area (Å²) in [6.45, 7) is 1.71. The maximum atomic E-state index is 6.13. The van der Waals surface area contributed by atoms with E-state index < -0.39 is 0 Å². The lowest BCUT2D eigenvalue weighted by Gasteiger charge is -2.08. The Labute approximate surface area is 139 Å². The van der Waals surface area contributed by atoms with Gasteiger partial charge in [-0.15, -0.1) is 12.4 Å². The molecule has 2 aromatic rings. The molecule has 3 rings (SSSR count). The summed E-state index contributed by atoms with van der Waals surface area (Å²) in [5.41, 5.74) is 2.16. The third-order valence-electron chi connectivity index (χ3n) is 3.10. The van der Waals surface area contributed by atoms with E-state index in [9.17, 15) is 0 Å². The minimum atomic E-state index is 0. The molecule has 2 aromatic carbocycles. The van der Waals surface area contributed by atoms with Gasteiger partial charge in [-0.1, -0.05) is 35.3 Å². The predicted molar refractivity (Wildman–Crippen MR) is 86.8 cm³/mol. The van der Waals surface area contributed by atoms with Gasteiger partial charge in [-0.05, 0) is 35.4 Å². The third-order valence-corrected chi connectivity index (χ3v) is 3.68. The van der Waals surface area contributed by atoms with Crippen molar-refractivity contribution in [2.45, 2.75) is 13.1 Å². The van der Waals surface area contributed by atoms with Gasteiger partial charge in [-0.25, -0.2) is 0 Å². The number of fused-ring (bicyclic) bond motifs is 1. The van der Waals surface area contributed by atoms with E-state index in [1.54, 1.807) is 6.07 Å². The molecule has 1 heterocycles. The Morgan fingerprint density at radius 2 is 1.76 bits per heavy atom. The van der Waals surface area contributed by atoms with Crippen LogP contribution < -0.4 is 14.8 Å². The second kappa shape index (κ2) is 7.23. The molecular formula is C15H14Cl3NO2. The summed E-state index contributed by atoms with van der Waals surface area (Å²) in [5.74, 6) is 1.60. The second-order valence-corrected chi connectivity index (χ2v) is 5.37. The van der Waals surface area contributed by atoms with Crippen molar-refractivity contribution >= 4 is 35.6 Å². The van der Waals surface area contributed by atoms with Crippen LogP contribution in [0.15, 0.2) is 36.4 Å². The molecular weight excluding hydrogens is 333 g/mol. The Kier molecular flexibility index (Phi) is 5.59. The lowest BCUT2D eigenvalue weighted by Crippen LogP contribution is -2.12. The van der Waals surface area contributed by atoms with Crippen molar-refractivity contribution in [1.82, 2.24) is 5.32 Å². The van der Waals surface area contributed by atoms with Crippen molar-refractivity contribution in [3.8, 4) is 11.5 Å². The Hall–Kier alpha value is -1.13. The van der Waals surface area contributed by atoms with E-state index in [-0.39, 0.29) is 12.4 Å². The van der Waals surface area contributed by atoms with E-state index in [4.69, 9.17) is 32.7 Å². The van der Waals surface area contributed by atoms with E-state index in [2.05, 4.69) is 5.32 Å². The predicted octanol–water partition coefficient (Wildman–Crippen LogP) is 4.43. The van der Waals surface area contributed by atoms with Crippen LogP contribution in [-0.2, 0) is 13.1 Å². The highest BCUT2D eigenvalue weighted by molar-refractivity contribution is 6.35. The maximum Gasteiger partial charge on any atom is 0.231 e. The highest BCUT2D eigenvalue weighted by Gasteiger charge is 2.12. The van der Waals surface area contributed by atoms with Crippen LogP contribution in [0.3, 0.4) is 0 Å². The molecule has 0 radical (unpaired) electrons. The van der Waals surface area contributed by atoms with Crippen molar-refractivity contribution in [2.24, 2.45) is 0 Å². The van der Waals surface area contributed by atoms with Gasteiger partial charge in [0, 0.05) is 23.1 Å². The van der Waals surface area contributed by atoms with Crippen LogP contribution in [0.2, 0.25) is 10.0 Å². The lowest BCUT2D eigenvalue weighted by molar-refractivity contribution is 0.174. The molecule has 0 aliphatic carbocycles. The smallest absolute Gasteiger partial charge is 0.231 e. The van der Waals surface area contributed by atoms with E-state index >= 15 is 0 Å². The van der Waals surface area contributed by atoms with Crippen molar-refractivity contribution in [3.05, 3.63) is 57.6 Å². The molecule has 0 spiro atoms. The summed E-state index contributed by atoms with van der Waals surface area (Å²) in [5, 5.41) is 4.67. The Morgan fingerprint density at radius 1 is 0.952 bits per heavy atom. The van der Waals surface area contributed by atoms with Gasteiger partial charge in [0.25, 0.3) is 0 Å². The summed E-state index contributed by atoms with van der Waals surface area (Å²) in [6.07, 6.45) is 0. The van der Waals surface area contributed by atoms with Crippen LogP contribution in [-0.4, -0.2) is 6.79 Å². The van der Waals surface area contributed by atoms with Crippen LogP contribution in [0.1, 0.15) is 11.1 Å². The van der Waals surface area contributed by atoms with Crippen molar-refractivity contribution < 1.29 is 9.47 Å². The highest BCUT2D eigenvalue weighted by atomic mass is 35.5. The van der Waals surface area contributed by atoms with Gasteiger partial charge in [0.15, 0.2) is 11.5 Å². The number of rotatable bonds is 4. The Balaban J connectivity index is 0.00000161. The molecule has 1 N–H and O–H groups in total. The number of hydrogen-bond donors (Lipinski definition) is 1. The molecule has 1 aliphatic heterocycles. The van der Waals surface area contributed by atoms with Crippen LogP contribution >= 0.6 is 35.6 Å². The zero-order chi connectivity index (χ0) is 13.9. The first-order valence-electron chi connectivity index (χ1n) is 6.25. The zero-order valence-corrected chi connectivity index (χ0v) is 13.4. The monoisotopic (exact) mass is 345 g/mol. The molecule has 0 bridgehead atoms. The highest BCUT2D eigenvalue weighted by Crippen LogP contribution is 2.32. The van der Waals surface area contributed by atoms with E-state index in [0.29, 0.717) is 23.4 Å². The number of ether oxygens (including phenoxy) is 2. The minimum absolute atomic E-state index is 0. The minimum Gasteiger partial charge on any atom is -0.454 e. The molecule has 21 heavy (non-hydrogen) atoms. The van der Waals surface area contributed by atoms with E-state index in [1.807, 2.05) is 30.3 Å². The van der Waals surface area contributed by atoms with Gasteiger partial charge in [0.05, 0.1) is 0 Å². The molecule has 0 atom stereocenters. The SMILES string of the molecule is Cl.Clc1ccc(CNCc2ccc3c(c2)OCO3)c(Cl)c1. The standard InChI is InChI=1S/C15H13Cl2NO2.ClH/c16-12-3-2-11(13(17)6-12)8-18-7-10-1-4-14-15(5-10)20-9-19-14;/h1-6,18H,7-9H2;1H.